The van der Waals surface area contributed by atoms with E-state index in [-0.39, 0.29) is 0 Å². The van der Waals surface area contributed by atoms with Gasteiger partial charge in [0.2, 0.25) is 0 Å². The zero-order chi connectivity index (χ0) is 14.0. The Morgan fingerprint density at radius 3 is 2.42 bits per heavy atom. The fourth-order valence-electron chi connectivity index (χ4n) is 1.41. The third kappa shape index (κ3) is 6.73. The molecule has 0 bridgehead atoms. The zero-order valence-corrected chi connectivity index (χ0v) is 12.7. The Labute approximate surface area is 115 Å². The zero-order valence-electron chi connectivity index (χ0n) is 11.8. The second-order valence-corrected chi connectivity index (χ2v) is 6.64. The van der Waals surface area contributed by atoms with Crippen molar-refractivity contribution in [1.82, 2.24) is 0 Å². The number of nitrogens with one attached hydrogen (secondary N) is 1. The maximum atomic E-state index is 5.83. The number of para-hydroxylation sites is 1. The summed E-state index contributed by atoms with van der Waals surface area (Å²) < 4.78 is 20.4. The molecule has 0 spiro atoms. The largest absolute Gasteiger partial charge is 0.382 e. The average Bonchev–Trinajstić information content (AvgIpc) is 2.44. The van der Waals surface area contributed by atoms with E-state index in [0.717, 1.165) is 5.69 Å². The first-order chi connectivity index (χ1) is 9.20. The fraction of sp³-hybridized carbons (Fsp3) is 0.538. The highest BCUT2D eigenvalue weighted by atomic mass is 31.2. The lowest BCUT2D eigenvalue weighted by Crippen LogP contribution is -2.09. The second-order valence-electron chi connectivity index (χ2n) is 4.00. The molecule has 0 aromatic heterocycles. The lowest BCUT2D eigenvalue weighted by atomic mass is 10.3. The molecule has 6 heteroatoms. The van der Waals surface area contributed by atoms with Gasteiger partial charge in [0, 0.05) is 26.5 Å². The highest BCUT2D eigenvalue weighted by Gasteiger charge is 2.11. The number of anilines is 1. The maximum absolute atomic E-state index is 5.83. The monoisotopic (exact) mass is 286 g/mol. The molecular weight excluding hydrogens is 263 g/mol. The topological polar surface area (TPSA) is 52.1 Å². The predicted molar refractivity (Wildman–Crippen MR) is 79.9 cm³/mol. The van der Waals surface area contributed by atoms with Crippen LogP contribution in [0.15, 0.2) is 35.1 Å². The number of ether oxygens (including phenoxy) is 2. The third-order valence-electron chi connectivity index (χ3n) is 2.49. The van der Waals surface area contributed by atoms with Gasteiger partial charge in [0.05, 0.1) is 26.4 Å². The molecule has 19 heavy (non-hydrogen) atoms. The summed E-state index contributed by atoms with van der Waals surface area (Å²) in [5.74, 6) is 0. The number of hydrogen-bond acceptors (Lipinski definition) is 4. The van der Waals surface area contributed by atoms with E-state index < -0.39 is 7.43 Å². The molecule has 1 unspecified atom stereocenters. The van der Waals surface area contributed by atoms with Crippen molar-refractivity contribution in [3.8, 4) is 0 Å². The fourth-order valence-corrected chi connectivity index (χ4v) is 2.75. The van der Waals surface area contributed by atoms with Gasteiger partial charge in [0.25, 0.3) is 0 Å². The molecule has 0 aliphatic rings. The summed E-state index contributed by atoms with van der Waals surface area (Å²) in [4.78, 5) is 0. The van der Waals surface area contributed by atoms with Crippen LogP contribution in [0.2, 0.25) is 0 Å². The first kappa shape index (κ1) is 16.2. The van der Waals surface area contributed by atoms with Crippen molar-refractivity contribution >= 4 is 13.1 Å². The van der Waals surface area contributed by atoms with Gasteiger partial charge in [-0.3, -0.25) is 4.74 Å². The Hall–Kier alpha value is -0.870. The molecule has 1 atom stereocenters. The predicted octanol–water partition coefficient (Wildman–Crippen LogP) is 3.07. The molecule has 1 aromatic rings. The molecule has 0 amide bonds. The molecular formula is C13H23N2O3P. The summed E-state index contributed by atoms with van der Waals surface area (Å²) in [6.45, 7) is 4.25. The SMILES string of the molecule is CN=P(C)(Nc1ccccc1)OCCOCCOC. The average molecular weight is 286 g/mol. The van der Waals surface area contributed by atoms with Gasteiger partial charge in [-0.15, -0.1) is 0 Å². The van der Waals surface area contributed by atoms with Gasteiger partial charge in [-0.2, -0.15) is 0 Å². The molecule has 0 radical (unpaired) electrons. The van der Waals surface area contributed by atoms with E-state index in [2.05, 4.69) is 9.83 Å². The summed E-state index contributed by atoms with van der Waals surface area (Å²) in [6, 6.07) is 9.95. The van der Waals surface area contributed by atoms with Crippen LogP contribution in [-0.4, -0.2) is 47.2 Å². The summed E-state index contributed by atoms with van der Waals surface area (Å²) in [6.07, 6.45) is 0. The van der Waals surface area contributed by atoms with Gasteiger partial charge >= 0.3 is 0 Å². The number of nitrogens with zero attached hydrogens (tertiary/aromatic N) is 1. The molecule has 1 rings (SSSR count). The lowest BCUT2D eigenvalue weighted by Gasteiger charge is -2.22. The molecule has 0 aliphatic carbocycles. The summed E-state index contributed by atoms with van der Waals surface area (Å²) >= 11 is 0. The van der Waals surface area contributed by atoms with E-state index in [9.17, 15) is 0 Å². The molecule has 0 aliphatic heterocycles. The lowest BCUT2D eigenvalue weighted by molar-refractivity contribution is 0.0561. The van der Waals surface area contributed by atoms with Crippen LogP contribution < -0.4 is 5.09 Å². The van der Waals surface area contributed by atoms with E-state index in [4.69, 9.17) is 14.0 Å². The molecule has 0 fully saturated rings. The van der Waals surface area contributed by atoms with Crippen LogP contribution in [0.5, 0.6) is 0 Å². The van der Waals surface area contributed by atoms with Crippen LogP contribution in [0.1, 0.15) is 0 Å². The first-order valence-electron chi connectivity index (χ1n) is 6.22. The Morgan fingerprint density at radius 1 is 1.11 bits per heavy atom. The quantitative estimate of drug-likeness (QED) is 0.560. The van der Waals surface area contributed by atoms with Crippen LogP contribution >= 0.6 is 7.43 Å². The van der Waals surface area contributed by atoms with E-state index in [1.165, 1.54) is 0 Å². The highest BCUT2D eigenvalue weighted by molar-refractivity contribution is 7.62. The molecule has 108 valence electrons. The number of methoxy groups -OCH3 is 1. The number of rotatable bonds is 9. The van der Waals surface area contributed by atoms with Gasteiger partial charge in [0.15, 0.2) is 7.43 Å². The van der Waals surface area contributed by atoms with E-state index >= 15 is 0 Å². The van der Waals surface area contributed by atoms with Gasteiger partial charge in [-0.05, 0) is 12.1 Å². The maximum Gasteiger partial charge on any atom is 0.172 e. The highest BCUT2D eigenvalue weighted by Crippen LogP contribution is 2.45. The smallest absolute Gasteiger partial charge is 0.172 e. The van der Waals surface area contributed by atoms with Crippen molar-refractivity contribution in [3.63, 3.8) is 0 Å². The van der Waals surface area contributed by atoms with Crippen molar-refractivity contribution in [3.05, 3.63) is 30.3 Å². The normalized spacial score (nSPS) is 13.8. The first-order valence-corrected chi connectivity index (χ1v) is 8.33. The summed E-state index contributed by atoms with van der Waals surface area (Å²) in [5, 5.41) is 3.35. The minimum Gasteiger partial charge on any atom is -0.382 e. The molecule has 0 saturated heterocycles. The van der Waals surface area contributed by atoms with Crippen LogP contribution in [0.4, 0.5) is 5.69 Å². The van der Waals surface area contributed by atoms with Crippen LogP contribution in [0, 0.1) is 0 Å². The Kier molecular flexibility index (Phi) is 7.75. The van der Waals surface area contributed by atoms with Crippen molar-refractivity contribution in [2.75, 3.05) is 52.3 Å². The Morgan fingerprint density at radius 2 is 1.79 bits per heavy atom. The van der Waals surface area contributed by atoms with Crippen molar-refractivity contribution < 1.29 is 14.0 Å². The van der Waals surface area contributed by atoms with E-state index in [1.54, 1.807) is 14.2 Å². The van der Waals surface area contributed by atoms with Gasteiger partial charge in [-0.25, -0.2) is 0 Å². The van der Waals surface area contributed by atoms with Gasteiger partial charge in [-0.1, -0.05) is 18.2 Å². The van der Waals surface area contributed by atoms with Crippen molar-refractivity contribution in [1.29, 1.82) is 0 Å². The van der Waals surface area contributed by atoms with E-state index in [0.29, 0.717) is 26.4 Å². The molecule has 1 N–H and O–H groups in total. The third-order valence-corrected chi connectivity index (χ3v) is 4.62. The van der Waals surface area contributed by atoms with Gasteiger partial charge < -0.3 is 19.1 Å². The van der Waals surface area contributed by atoms with Crippen LogP contribution in [-0.2, 0) is 14.0 Å². The summed E-state index contributed by atoms with van der Waals surface area (Å²) in [7, 11) is 1.46. The Bertz CT molecular complexity index is 398. The van der Waals surface area contributed by atoms with Crippen molar-refractivity contribution in [2.24, 2.45) is 4.74 Å². The van der Waals surface area contributed by atoms with Crippen molar-refractivity contribution in [2.45, 2.75) is 0 Å². The van der Waals surface area contributed by atoms with Crippen LogP contribution in [0.3, 0.4) is 0 Å². The minimum atomic E-state index is -1.96. The Balaban J connectivity index is 2.35. The molecule has 5 nitrogen and oxygen atoms in total. The van der Waals surface area contributed by atoms with Crippen LogP contribution in [0.25, 0.3) is 0 Å². The summed E-state index contributed by atoms with van der Waals surface area (Å²) in [5.41, 5.74) is 1.02. The number of hydrogen-bond donors (Lipinski definition) is 1. The number of benzene rings is 1. The van der Waals surface area contributed by atoms with E-state index in [1.807, 2.05) is 37.0 Å². The molecule has 0 heterocycles. The minimum absolute atomic E-state index is 0.519. The van der Waals surface area contributed by atoms with Gasteiger partial charge in [0.1, 0.15) is 0 Å². The molecule has 1 aromatic carbocycles. The second kappa shape index (κ2) is 9.10. The standard InChI is InChI=1S/C13H23N2O3P/c1-14-19(3,15-13-7-5-4-6-8-13)18-12-11-17-10-9-16-2/h4-8,15H,9-12H2,1-3H3. The molecule has 0 saturated carbocycles.